The van der Waals surface area contributed by atoms with E-state index in [9.17, 15) is 15.2 Å². The van der Waals surface area contributed by atoms with Crippen molar-refractivity contribution in [2.45, 2.75) is 26.0 Å². The number of aliphatic hydroxyl groups is 1. The zero-order chi connectivity index (χ0) is 15.2. The molecule has 0 radical (unpaired) electrons. The van der Waals surface area contributed by atoms with Crippen LogP contribution in [-0.2, 0) is 6.54 Å². The molecule has 2 rings (SSSR count). The maximum Gasteiger partial charge on any atom is 0.269 e. The fraction of sp³-hybridized carbons (Fsp3) is 0.500. The standard InChI is InChI=1S/C14H20N4O3.HI/c1-2-15-14(17-7-6-13(19)10-17)16-9-11-4-3-5-12(8-11)18(20)21;/h3-5,8,13,19H,2,6-7,9-10H2,1H3,(H,15,16);1H/t13-;/m1./s1. The van der Waals surface area contributed by atoms with Gasteiger partial charge in [0.2, 0.25) is 0 Å². The Balaban J connectivity index is 0.00000242. The molecule has 1 aliphatic rings. The van der Waals surface area contributed by atoms with Gasteiger partial charge >= 0.3 is 0 Å². The molecule has 0 aliphatic carbocycles. The number of benzene rings is 1. The highest BCUT2D eigenvalue weighted by molar-refractivity contribution is 14.0. The number of aliphatic hydroxyl groups excluding tert-OH is 1. The monoisotopic (exact) mass is 420 g/mol. The first-order valence-electron chi connectivity index (χ1n) is 7.04. The summed E-state index contributed by atoms with van der Waals surface area (Å²) in [5, 5.41) is 23.5. The normalized spacial score (nSPS) is 18.0. The Morgan fingerprint density at radius 2 is 2.36 bits per heavy atom. The Morgan fingerprint density at radius 3 is 2.95 bits per heavy atom. The van der Waals surface area contributed by atoms with Crippen LogP contribution in [0, 0.1) is 10.1 Å². The smallest absolute Gasteiger partial charge is 0.269 e. The zero-order valence-electron chi connectivity index (χ0n) is 12.4. The van der Waals surface area contributed by atoms with Crippen molar-refractivity contribution in [2.75, 3.05) is 19.6 Å². The van der Waals surface area contributed by atoms with Crippen molar-refractivity contribution in [3.63, 3.8) is 0 Å². The first-order chi connectivity index (χ1) is 10.1. The Bertz CT molecular complexity index is 539. The molecule has 122 valence electrons. The van der Waals surface area contributed by atoms with Gasteiger partial charge in [-0.25, -0.2) is 4.99 Å². The number of nitro groups is 1. The number of nitro benzene ring substituents is 1. The highest BCUT2D eigenvalue weighted by Crippen LogP contribution is 2.14. The Hall–Kier alpha value is -1.42. The van der Waals surface area contributed by atoms with Crippen LogP contribution in [0.5, 0.6) is 0 Å². The quantitative estimate of drug-likeness (QED) is 0.255. The number of non-ortho nitro benzene ring substituents is 1. The second-order valence-electron chi connectivity index (χ2n) is 4.99. The van der Waals surface area contributed by atoms with Crippen LogP contribution in [0.2, 0.25) is 0 Å². The van der Waals surface area contributed by atoms with Gasteiger partial charge in [-0.1, -0.05) is 12.1 Å². The summed E-state index contributed by atoms with van der Waals surface area (Å²) in [6.07, 6.45) is 0.424. The molecule has 0 unspecified atom stereocenters. The van der Waals surface area contributed by atoms with Crippen LogP contribution in [0.15, 0.2) is 29.3 Å². The van der Waals surface area contributed by atoms with E-state index in [-0.39, 0.29) is 35.8 Å². The lowest BCUT2D eigenvalue weighted by atomic mass is 10.2. The van der Waals surface area contributed by atoms with E-state index in [2.05, 4.69) is 10.3 Å². The molecule has 0 spiro atoms. The minimum absolute atomic E-state index is 0. The fourth-order valence-electron chi connectivity index (χ4n) is 2.29. The van der Waals surface area contributed by atoms with Gasteiger partial charge in [0.25, 0.3) is 5.69 Å². The molecule has 1 aromatic rings. The number of hydrogen-bond acceptors (Lipinski definition) is 4. The third kappa shape index (κ3) is 5.09. The minimum atomic E-state index is -0.407. The van der Waals surface area contributed by atoms with Gasteiger partial charge in [0.1, 0.15) is 0 Å². The summed E-state index contributed by atoms with van der Waals surface area (Å²) in [5.41, 5.74) is 0.864. The number of aliphatic imine (C=N–C) groups is 1. The second kappa shape index (κ2) is 8.89. The van der Waals surface area contributed by atoms with Crippen molar-refractivity contribution >= 4 is 35.6 Å². The molecule has 1 aliphatic heterocycles. The summed E-state index contributed by atoms with van der Waals surface area (Å²) in [6.45, 7) is 4.43. The van der Waals surface area contributed by atoms with Crippen molar-refractivity contribution < 1.29 is 10.0 Å². The van der Waals surface area contributed by atoms with E-state index in [0.29, 0.717) is 13.1 Å². The highest BCUT2D eigenvalue weighted by Gasteiger charge is 2.22. The van der Waals surface area contributed by atoms with Gasteiger partial charge in [-0.3, -0.25) is 10.1 Å². The average molecular weight is 420 g/mol. The number of hydrogen-bond donors (Lipinski definition) is 2. The second-order valence-corrected chi connectivity index (χ2v) is 4.99. The lowest BCUT2D eigenvalue weighted by molar-refractivity contribution is -0.384. The van der Waals surface area contributed by atoms with E-state index in [1.165, 1.54) is 12.1 Å². The maximum atomic E-state index is 10.8. The molecule has 0 bridgehead atoms. The zero-order valence-corrected chi connectivity index (χ0v) is 14.8. The SMILES string of the molecule is CCNC(=NCc1cccc([N+](=O)[O-])c1)N1CC[C@@H](O)C1.I. The first kappa shape index (κ1) is 18.6. The summed E-state index contributed by atoms with van der Waals surface area (Å²) in [5.74, 6) is 0.737. The number of guanidine groups is 1. The number of halogens is 1. The summed E-state index contributed by atoms with van der Waals surface area (Å²) in [7, 11) is 0. The Kier molecular flexibility index (Phi) is 7.52. The van der Waals surface area contributed by atoms with E-state index < -0.39 is 4.92 Å². The molecule has 2 N–H and O–H groups in total. The summed E-state index contributed by atoms with van der Waals surface area (Å²) < 4.78 is 0. The number of nitrogens with zero attached hydrogens (tertiary/aromatic N) is 3. The van der Waals surface area contributed by atoms with E-state index >= 15 is 0 Å². The van der Waals surface area contributed by atoms with Crippen LogP contribution in [0.4, 0.5) is 5.69 Å². The molecule has 0 aromatic heterocycles. The highest BCUT2D eigenvalue weighted by atomic mass is 127. The van der Waals surface area contributed by atoms with Crippen LogP contribution >= 0.6 is 24.0 Å². The maximum absolute atomic E-state index is 10.8. The molecule has 0 amide bonds. The number of rotatable bonds is 4. The summed E-state index contributed by atoms with van der Waals surface area (Å²) >= 11 is 0. The predicted octanol–water partition coefficient (Wildman–Crippen LogP) is 1.74. The molecule has 22 heavy (non-hydrogen) atoms. The lowest BCUT2D eigenvalue weighted by Crippen LogP contribution is -2.40. The number of β-amino-alcohol motifs (C(OH)–C–C–N with tert-alkyl or cyclic N) is 1. The molecular formula is C14H21IN4O3. The van der Waals surface area contributed by atoms with E-state index in [1.807, 2.05) is 17.9 Å². The van der Waals surface area contributed by atoms with Gasteiger partial charge in [0, 0.05) is 31.8 Å². The van der Waals surface area contributed by atoms with Gasteiger partial charge in [-0.15, -0.1) is 24.0 Å². The molecule has 8 heteroatoms. The molecular weight excluding hydrogens is 399 g/mol. The molecule has 7 nitrogen and oxygen atoms in total. The largest absolute Gasteiger partial charge is 0.391 e. The van der Waals surface area contributed by atoms with Crippen LogP contribution in [-0.4, -0.2) is 46.6 Å². The van der Waals surface area contributed by atoms with Crippen LogP contribution in [0.25, 0.3) is 0 Å². The van der Waals surface area contributed by atoms with Crippen LogP contribution in [0.1, 0.15) is 18.9 Å². The van der Waals surface area contributed by atoms with E-state index in [4.69, 9.17) is 0 Å². The minimum Gasteiger partial charge on any atom is -0.391 e. The molecule has 1 atom stereocenters. The summed E-state index contributed by atoms with van der Waals surface area (Å²) in [6, 6.07) is 6.48. The van der Waals surface area contributed by atoms with Gasteiger partial charge in [-0.05, 0) is 18.9 Å². The summed E-state index contributed by atoms with van der Waals surface area (Å²) in [4.78, 5) is 16.9. The van der Waals surface area contributed by atoms with Gasteiger partial charge < -0.3 is 15.3 Å². The van der Waals surface area contributed by atoms with Crippen molar-refractivity contribution in [3.05, 3.63) is 39.9 Å². The fourth-order valence-corrected chi connectivity index (χ4v) is 2.29. The number of nitrogens with one attached hydrogen (secondary N) is 1. The lowest BCUT2D eigenvalue weighted by Gasteiger charge is -2.20. The molecule has 1 heterocycles. The van der Waals surface area contributed by atoms with Crippen molar-refractivity contribution in [2.24, 2.45) is 4.99 Å². The topological polar surface area (TPSA) is 91.0 Å². The van der Waals surface area contributed by atoms with Gasteiger partial charge in [0.15, 0.2) is 5.96 Å². The molecule has 0 saturated carbocycles. The van der Waals surface area contributed by atoms with Crippen LogP contribution < -0.4 is 5.32 Å². The molecule has 1 fully saturated rings. The Labute approximate surface area is 146 Å². The van der Waals surface area contributed by atoms with E-state index in [0.717, 1.165) is 31.0 Å². The van der Waals surface area contributed by atoms with Crippen LogP contribution in [0.3, 0.4) is 0 Å². The van der Waals surface area contributed by atoms with Crippen molar-refractivity contribution in [3.8, 4) is 0 Å². The van der Waals surface area contributed by atoms with E-state index in [1.54, 1.807) is 6.07 Å². The third-order valence-electron chi connectivity index (χ3n) is 3.33. The predicted molar refractivity (Wildman–Crippen MR) is 95.5 cm³/mol. The van der Waals surface area contributed by atoms with Crippen molar-refractivity contribution in [1.82, 2.24) is 10.2 Å². The van der Waals surface area contributed by atoms with Crippen molar-refractivity contribution in [1.29, 1.82) is 0 Å². The van der Waals surface area contributed by atoms with Gasteiger partial charge in [0.05, 0.1) is 17.6 Å². The molecule has 1 saturated heterocycles. The first-order valence-corrected chi connectivity index (χ1v) is 7.04. The third-order valence-corrected chi connectivity index (χ3v) is 3.33. The van der Waals surface area contributed by atoms with Gasteiger partial charge in [-0.2, -0.15) is 0 Å². The number of likely N-dealkylation sites (tertiary alicyclic amines) is 1. The Morgan fingerprint density at radius 1 is 1.59 bits per heavy atom. The molecule has 1 aromatic carbocycles. The average Bonchev–Trinajstić information content (AvgIpc) is 2.90.